The van der Waals surface area contributed by atoms with Gasteiger partial charge in [0.2, 0.25) is 0 Å². The van der Waals surface area contributed by atoms with Crippen molar-refractivity contribution in [3.63, 3.8) is 0 Å². The van der Waals surface area contributed by atoms with Gasteiger partial charge in [-0.2, -0.15) is 0 Å². The van der Waals surface area contributed by atoms with E-state index < -0.39 is 5.60 Å². The number of fused-ring (bicyclic) bond motifs is 3. The van der Waals surface area contributed by atoms with E-state index in [1.165, 1.54) is 37.7 Å². The molecule has 2 aliphatic rings. The lowest BCUT2D eigenvalue weighted by molar-refractivity contribution is -0.0208. The Bertz CT molecular complexity index is 464. The van der Waals surface area contributed by atoms with Gasteiger partial charge in [0.25, 0.3) is 0 Å². The van der Waals surface area contributed by atoms with Gasteiger partial charge >= 0.3 is 0 Å². The molecule has 0 aromatic heterocycles. The third-order valence-corrected chi connectivity index (χ3v) is 4.98. The van der Waals surface area contributed by atoms with Gasteiger partial charge in [-0.3, -0.25) is 0 Å². The fraction of sp³-hybridized carbons (Fsp3) is 0.647. The number of rotatable bonds is 3. The summed E-state index contributed by atoms with van der Waals surface area (Å²) in [4.78, 5) is 0. The molecular weight excluding hydrogens is 236 g/mol. The van der Waals surface area contributed by atoms with Crippen LogP contribution in [-0.2, 0) is 16.8 Å². The monoisotopic (exact) mass is 260 g/mol. The molecule has 0 bridgehead atoms. The molecule has 1 aromatic rings. The minimum absolute atomic E-state index is 0.346. The third kappa shape index (κ3) is 2.32. The summed E-state index contributed by atoms with van der Waals surface area (Å²) >= 11 is 0. The van der Waals surface area contributed by atoms with Crippen LogP contribution in [0.3, 0.4) is 0 Å². The van der Waals surface area contributed by atoms with Crippen LogP contribution < -0.4 is 0 Å². The number of ether oxygens (including phenoxy) is 1. The fourth-order valence-electron chi connectivity index (χ4n) is 3.99. The van der Waals surface area contributed by atoms with Crippen LogP contribution in [0.5, 0.6) is 0 Å². The standard InChI is InChI=1S/C17H24O2/c1-17(18,11-19-2)14-7-8-16-13(10-14)9-12-5-3-4-6-15(12)16/h7-8,10,12,15,18H,3-6,9,11H2,1-2H3/t12-,15+,17+/m1/s1. The van der Waals surface area contributed by atoms with Crippen molar-refractivity contribution in [2.45, 2.75) is 50.5 Å². The lowest BCUT2D eigenvalue weighted by Crippen LogP contribution is -2.27. The number of methoxy groups -OCH3 is 1. The molecule has 2 aliphatic carbocycles. The summed E-state index contributed by atoms with van der Waals surface area (Å²) < 4.78 is 5.12. The lowest BCUT2D eigenvalue weighted by Gasteiger charge is -2.26. The molecule has 0 aliphatic heterocycles. The predicted molar refractivity (Wildman–Crippen MR) is 76.3 cm³/mol. The minimum Gasteiger partial charge on any atom is -0.383 e. The Morgan fingerprint density at radius 3 is 2.89 bits per heavy atom. The average molecular weight is 260 g/mol. The molecule has 1 aromatic carbocycles. The first-order valence-corrected chi connectivity index (χ1v) is 7.46. The molecule has 2 nitrogen and oxygen atoms in total. The first-order chi connectivity index (χ1) is 9.12. The highest BCUT2D eigenvalue weighted by molar-refractivity contribution is 5.41. The van der Waals surface area contributed by atoms with Crippen LogP contribution in [0.1, 0.15) is 55.2 Å². The van der Waals surface area contributed by atoms with E-state index in [-0.39, 0.29) is 0 Å². The van der Waals surface area contributed by atoms with Crippen LogP contribution in [0.25, 0.3) is 0 Å². The average Bonchev–Trinajstić information content (AvgIpc) is 2.76. The van der Waals surface area contributed by atoms with Crippen LogP contribution in [0.4, 0.5) is 0 Å². The van der Waals surface area contributed by atoms with Crippen molar-refractivity contribution in [3.8, 4) is 0 Å². The van der Waals surface area contributed by atoms with Gasteiger partial charge in [-0.25, -0.2) is 0 Å². The van der Waals surface area contributed by atoms with Gasteiger partial charge in [-0.1, -0.05) is 31.0 Å². The molecule has 2 heteroatoms. The largest absolute Gasteiger partial charge is 0.383 e. The van der Waals surface area contributed by atoms with Gasteiger partial charge in [-0.05, 0) is 54.7 Å². The van der Waals surface area contributed by atoms with E-state index in [9.17, 15) is 5.11 Å². The molecular formula is C17H24O2. The van der Waals surface area contributed by atoms with Gasteiger partial charge < -0.3 is 9.84 Å². The fourth-order valence-corrected chi connectivity index (χ4v) is 3.99. The zero-order valence-electron chi connectivity index (χ0n) is 12.0. The van der Waals surface area contributed by atoms with Crippen LogP contribution in [0.2, 0.25) is 0 Å². The van der Waals surface area contributed by atoms with E-state index in [0.717, 1.165) is 17.4 Å². The maximum Gasteiger partial charge on any atom is 0.110 e. The van der Waals surface area contributed by atoms with Gasteiger partial charge in [-0.15, -0.1) is 0 Å². The van der Waals surface area contributed by atoms with Gasteiger partial charge in [0.1, 0.15) is 5.60 Å². The maximum atomic E-state index is 10.5. The van der Waals surface area contributed by atoms with Gasteiger partial charge in [0, 0.05) is 7.11 Å². The summed E-state index contributed by atoms with van der Waals surface area (Å²) in [5.41, 5.74) is 3.12. The van der Waals surface area contributed by atoms with E-state index in [1.807, 2.05) is 6.92 Å². The van der Waals surface area contributed by atoms with Gasteiger partial charge in [0.05, 0.1) is 6.61 Å². The Labute approximate surface area is 115 Å². The number of hydrogen-bond donors (Lipinski definition) is 1. The Kier molecular flexibility index (Phi) is 3.40. The molecule has 1 fully saturated rings. The highest BCUT2D eigenvalue weighted by atomic mass is 16.5. The molecule has 0 saturated heterocycles. The predicted octanol–water partition coefficient (Wildman–Crippen LogP) is 3.37. The number of benzene rings is 1. The molecule has 0 radical (unpaired) electrons. The summed E-state index contributed by atoms with van der Waals surface area (Å²) in [7, 11) is 1.64. The van der Waals surface area contributed by atoms with Crippen molar-refractivity contribution in [3.05, 3.63) is 34.9 Å². The summed E-state index contributed by atoms with van der Waals surface area (Å²) in [6.07, 6.45) is 6.71. The normalized spacial score (nSPS) is 28.6. The second-order valence-corrected chi connectivity index (χ2v) is 6.48. The van der Waals surface area contributed by atoms with Crippen molar-refractivity contribution < 1.29 is 9.84 Å². The molecule has 1 N–H and O–H groups in total. The molecule has 104 valence electrons. The second-order valence-electron chi connectivity index (χ2n) is 6.48. The Balaban J connectivity index is 1.90. The van der Waals surface area contributed by atoms with E-state index >= 15 is 0 Å². The summed E-state index contributed by atoms with van der Waals surface area (Å²) in [6.45, 7) is 2.18. The third-order valence-electron chi connectivity index (χ3n) is 4.98. The van der Waals surface area contributed by atoms with Crippen LogP contribution in [0, 0.1) is 5.92 Å². The van der Waals surface area contributed by atoms with Crippen molar-refractivity contribution in [2.24, 2.45) is 5.92 Å². The Morgan fingerprint density at radius 2 is 2.11 bits per heavy atom. The smallest absolute Gasteiger partial charge is 0.110 e. The van der Waals surface area contributed by atoms with Crippen molar-refractivity contribution in [1.29, 1.82) is 0 Å². The number of hydrogen-bond acceptors (Lipinski definition) is 2. The highest BCUT2D eigenvalue weighted by Gasteiger charge is 2.35. The van der Waals surface area contributed by atoms with E-state index in [4.69, 9.17) is 4.74 Å². The molecule has 0 heterocycles. The molecule has 3 rings (SSSR count). The molecule has 3 atom stereocenters. The van der Waals surface area contributed by atoms with E-state index in [0.29, 0.717) is 6.61 Å². The van der Waals surface area contributed by atoms with E-state index in [1.54, 1.807) is 12.7 Å². The van der Waals surface area contributed by atoms with Crippen LogP contribution >= 0.6 is 0 Å². The molecule has 1 saturated carbocycles. The molecule has 0 spiro atoms. The summed E-state index contributed by atoms with van der Waals surface area (Å²) in [6, 6.07) is 6.56. The highest BCUT2D eigenvalue weighted by Crippen LogP contribution is 2.47. The Hall–Kier alpha value is -0.860. The lowest BCUT2D eigenvalue weighted by atomic mass is 9.80. The Morgan fingerprint density at radius 1 is 1.32 bits per heavy atom. The van der Waals surface area contributed by atoms with Crippen molar-refractivity contribution >= 4 is 0 Å². The van der Waals surface area contributed by atoms with Gasteiger partial charge in [0.15, 0.2) is 0 Å². The summed E-state index contributed by atoms with van der Waals surface area (Å²) in [5.74, 6) is 1.64. The van der Waals surface area contributed by atoms with Crippen LogP contribution in [0.15, 0.2) is 18.2 Å². The quantitative estimate of drug-likeness (QED) is 0.903. The molecule has 19 heavy (non-hydrogen) atoms. The molecule has 0 unspecified atom stereocenters. The first-order valence-electron chi connectivity index (χ1n) is 7.46. The van der Waals surface area contributed by atoms with E-state index in [2.05, 4.69) is 18.2 Å². The second kappa shape index (κ2) is 4.92. The number of aliphatic hydroxyl groups is 1. The molecule has 0 amide bonds. The first kappa shape index (κ1) is 13.1. The zero-order chi connectivity index (χ0) is 13.5. The van der Waals surface area contributed by atoms with Crippen molar-refractivity contribution in [1.82, 2.24) is 0 Å². The maximum absolute atomic E-state index is 10.5. The summed E-state index contributed by atoms with van der Waals surface area (Å²) in [5, 5.41) is 10.5. The zero-order valence-corrected chi connectivity index (χ0v) is 12.0. The van der Waals surface area contributed by atoms with Crippen LogP contribution in [-0.4, -0.2) is 18.8 Å². The topological polar surface area (TPSA) is 29.5 Å². The minimum atomic E-state index is -0.877. The van der Waals surface area contributed by atoms with Crippen molar-refractivity contribution in [2.75, 3.05) is 13.7 Å². The SMILES string of the molecule is COC[C@](C)(O)c1ccc2c(c1)C[C@H]1CCCC[C@H]21.